The molecule has 1 N–H and O–H groups in total. The fraction of sp³-hybridized carbons (Fsp3) is 0.889. The molecule has 0 rings (SSSR count). The lowest BCUT2D eigenvalue weighted by molar-refractivity contribution is -0.121. The molecule has 1 unspecified atom stereocenters. The summed E-state index contributed by atoms with van der Waals surface area (Å²) in [6, 6.07) is 0. The first-order valence-electron chi connectivity index (χ1n) is 4.43. The third kappa shape index (κ3) is 7.86. The van der Waals surface area contributed by atoms with Crippen LogP contribution in [0, 0.1) is 5.92 Å². The molecule has 0 aromatic rings. The zero-order chi connectivity index (χ0) is 9.56. The number of amides is 1. The predicted octanol–water partition coefficient (Wildman–Crippen LogP) is 2.17. The van der Waals surface area contributed by atoms with Crippen LogP contribution in [0.15, 0.2) is 0 Å². The Balaban J connectivity index is 3.32. The molecule has 0 aliphatic rings. The average Bonchev–Trinajstić information content (AvgIpc) is 1.84. The summed E-state index contributed by atoms with van der Waals surface area (Å²) < 4.78 is 0. The second kappa shape index (κ2) is 6.30. The summed E-state index contributed by atoms with van der Waals surface area (Å²) in [6.45, 7) is 6.68. The van der Waals surface area contributed by atoms with Crippen LogP contribution in [-0.2, 0) is 4.79 Å². The van der Waals surface area contributed by atoms with E-state index in [0.717, 1.165) is 6.42 Å². The third-order valence-corrected chi connectivity index (χ3v) is 1.68. The van der Waals surface area contributed by atoms with Crippen molar-refractivity contribution in [2.75, 3.05) is 6.54 Å². The first-order valence-corrected chi connectivity index (χ1v) is 4.86. The van der Waals surface area contributed by atoms with E-state index in [1.807, 2.05) is 20.8 Å². The molecule has 3 heteroatoms. The van der Waals surface area contributed by atoms with Crippen molar-refractivity contribution in [3.8, 4) is 0 Å². The zero-order valence-electron chi connectivity index (χ0n) is 8.06. The Labute approximate surface area is 79.7 Å². The van der Waals surface area contributed by atoms with Gasteiger partial charge in [0, 0.05) is 18.3 Å². The molecule has 1 amide bonds. The molecule has 0 spiro atoms. The highest BCUT2D eigenvalue weighted by Crippen LogP contribution is 2.00. The maximum absolute atomic E-state index is 11.1. The van der Waals surface area contributed by atoms with E-state index in [4.69, 9.17) is 11.6 Å². The van der Waals surface area contributed by atoms with E-state index in [1.165, 1.54) is 0 Å². The fourth-order valence-corrected chi connectivity index (χ4v) is 0.963. The average molecular weight is 192 g/mol. The van der Waals surface area contributed by atoms with Gasteiger partial charge < -0.3 is 5.32 Å². The van der Waals surface area contributed by atoms with E-state index in [2.05, 4.69) is 5.32 Å². The van der Waals surface area contributed by atoms with Gasteiger partial charge in [0.1, 0.15) is 0 Å². The molecular formula is C9H18ClNO. The summed E-state index contributed by atoms with van der Waals surface area (Å²) in [5, 5.41) is 2.96. The maximum atomic E-state index is 11.1. The molecule has 0 heterocycles. The van der Waals surface area contributed by atoms with Gasteiger partial charge in [-0.2, -0.15) is 0 Å². The maximum Gasteiger partial charge on any atom is 0.220 e. The third-order valence-electron chi connectivity index (χ3n) is 1.46. The molecule has 12 heavy (non-hydrogen) atoms. The molecule has 72 valence electrons. The second-order valence-corrected chi connectivity index (χ2v) is 4.26. The van der Waals surface area contributed by atoms with E-state index in [-0.39, 0.29) is 11.3 Å². The molecule has 1 atom stereocenters. The summed E-state index contributed by atoms with van der Waals surface area (Å²) in [5.74, 6) is 0.556. The lowest BCUT2D eigenvalue weighted by Gasteiger charge is -2.07. The van der Waals surface area contributed by atoms with Crippen LogP contribution in [0.3, 0.4) is 0 Å². The Morgan fingerprint density at radius 3 is 2.42 bits per heavy atom. The minimum Gasteiger partial charge on any atom is -0.356 e. The Bertz CT molecular complexity index is 134. The fourth-order valence-electron chi connectivity index (χ4n) is 0.853. The van der Waals surface area contributed by atoms with E-state index < -0.39 is 0 Å². The Morgan fingerprint density at radius 2 is 2.00 bits per heavy atom. The van der Waals surface area contributed by atoms with Crippen LogP contribution in [0.25, 0.3) is 0 Å². The summed E-state index contributed by atoms with van der Waals surface area (Å²) >= 11 is 5.72. The minimum absolute atomic E-state index is 0.127. The topological polar surface area (TPSA) is 29.1 Å². The van der Waals surface area contributed by atoms with Crippen LogP contribution >= 0.6 is 11.6 Å². The van der Waals surface area contributed by atoms with Crippen LogP contribution < -0.4 is 5.32 Å². The van der Waals surface area contributed by atoms with Gasteiger partial charge >= 0.3 is 0 Å². The Hall–Kier alpha value is -0.240. The van der Waals surface area contributed by atoms with Crippen LogP contribution in [0.2, 0.25) is 0 Å². The first kappa shape index (κ1) is 11.8. The van der Waals surface area contributed by atoms with Crippen molar-refractivity contribution >= 4 is 17.5 Å². The number of alkyl halides is 1. The lowest BCUT2D eigenvalue weighted by atomic mass is 10.1. The van der Waals surface area contributed by atoms with Gasteiger partial charge in [0.2, 0.25) is 5.91 Å². The summed E-state index contributed by atoms with van der Waals surface area (Å²) in [6.07, 6.45) is 1.45. The normalized spacial score (nSPS) is 13.1. The predicted molar refractivity (Wildman–Crippen MR) is 52.4 cm³/mol. The SMILES string of the molecule is CC(C)CC(=O)NCCC(C)Cl. The highest BCUT2D eigenvalue weighted by Gasteiger charge is 2.03. The van der Waals surface area contributed by atoms with E-state index in [0.29, 0.717) is 18.9 Å². The second-order valence-electron chi connectivity index (χ2n) is 3.52. The van der Waals surface area contributed by atoms with Crippen LogP contribution in [0.4, 0.5) is 0 Å². The lowest BCUT2D eigenvalue weighted by Crippen LogP contribution is -2.26. The van der Waals surface area contributed by atoms with Gasteiger partial charge in [-0.1, -0.05) is 13.8 Å². The number of rotatable bonds is 5. The molecule has 0 radical (unpaired) electrons. The van der Waals surface area contributed by atoms with Gasteiger partial charge in [0.25, 0.3) is 0 Å². The smallest absolute Gasteiger partial charge is 0.220 e. The van der Waals surface area contributed by atoms with E-state index in [9.17, 15) is 4.79 Å². The van der Waals surface area contributed by atoms with E-state index >= 15 is 0 Å². The first-order chi connectivity index (χ1) is 5.52. The van der Waals surface area contributed by atoms with Crippen molar-refractivity contribution in [2.24, 2.45) is 5.92 Å². The highest BCUT2D eigenvalue weighted by atomic mass is 35.5. The van der Waals surface area contributed by atoms with Gasteiger partial charge in [-0.3, -0.25) is 4.79 Å². The monoisotopic (exact) mass is 191 g/mol. The van der Waals surface area contributed by atoms with Gasteiger partial charge in [-0.25, -0.2) is 0 Å². The minimum atomic E-state index is 0.127. The molecule has 2 nitrogen and oxygen atoms in total. The Kier molecular flexibility index (Phi) is 6.17. The van der Waals surface area contributed by atoms with Crippen LogP contribution in [0.1, 0.15) is 33.6 Å². The molecule has 0 saturated heterocycles. The van der Waals surface area contributed by atoms with Gasteiger partial charge in [-0.05, 0) is 19.3 Å². The molecule has 0 aliphatic heterocycles. The Morgan fingerprint density at radius 1 is 1.42 bits per heavy atom. The molecule has 0 saturated carbocycles. The molecule has 0 fully saturated rings. The van der Waals surface area contributed by atoms with Gasteiger partial charge in [0.05, 0.1) is 0 Å². The van der Waals surface area contributed by atoms with Crippen molar-refractivity contribution in [3.63, 3.8) is 0 Å². The zero-order valence-corrected chi connectivity index (χ0v) is 8.82. The largest absolute Gasteiger partial charge is 0.356 e. The van der Waals surface area contributed by atoms with Crippen LogP contribution in [0.5, 0.6) is 0 Å². The van der Waals surface area contributed by atoms with Crippen molar-refractivity contribution in [1.82, 2.24) is 5.32 Å². The molecule has 0 aliphatic carbocycles. The molecular weight excluding hydrogens is 174 g/mol. The molecule has 0 aromatic heterocycles. The van der Waals surface area contributed by atoms with Crippen molar-refractivity contribution in [2.45, 2.75) is 39.0 Å². The van der Waals surface area contributed by atoms with E-state index in [1.54, 1.807) is 0 Å². The number of hydrogen-bond donors (Lipinski definition) is 1. The van der Waals surface area contributed by atoms with Crippen molar-refractivity contribution in [1.29, 1.82) is 0 Å². The highest BCUT2D eigenvalue weighted by molar-refractivity contribution is 6.20. The summed E-state index contributed by atoms with van der Waals surface area (Å²) in [5.41, 5.74) is 0. The van der Waals surface area contributed by atoms with Gasteiger partial charge in [0.15, 0.2) is 0 Å². The standard InChI is InChI=1S/C9H18ClNO/c1-7(2)6-9(12)11-5-4-8(3)10/h7-8H,4-6H2,1-3H3,(H,11,12). The molecule has 0 bridgehead atoms. The summed E-state index contributed by atoms with van der Waals surface area (Å²) in [4.78, 5) is 11.1. The van der Waals surface area contributed by atoms with Gasteiger partial charge in [-0.15, -0.1) is 11.6 Å². The number of halogens is 1. The quantitative estimate of drug-likeness (QED) is 0.664. The molecule has 0 aromatic carbocycles. The number of hydrogen-bond acceptors (Lipinski definition) is 1. The van der Waals surface area contributed by atoms with Crippen molar-refractivity contribution < 1.29 is 4.79 Å². The summed E-state index contributed by atoms with van der Waals surface area (Å²) in [7, 11) is 0. The van der Waals surface area contributed by atoms with Crippen LogP contribution in [-0.4, -0.2) is 17.8 Å². The number of carbonyl (C=O) groups excluding carboxylic acids is 1. The number of carbonyl (C=O) groups is 1. The number of nitrogens with one attached hydrogen (secondary N) is 1. The van der Waals surface area contributed by atoms with Crippen molar-refractivity contribution in [3.05, 3.63) is 0 Å².